The van der Waals surface area contributed by atoms with E-state index in [1.807, 2.05) is 0 Å². The highest BCUT2D eigenvalue weighted by Gasteiger charge is 2.39. The molecule has 0 aromatic rings. The average Bonchev–Trinajstić information content (AvgIpc) is 2.26. The summed E-state index contributed by atoms with van der Waals surface area (Å²) in [6.45, 7) is 5.60. The van der Waals surface area contributed by atoms with Gasteiger partial charge in [-0.25, -0.2) is 14.5 Å². The molecule has 1 aliphatic rings. The van der Waals surface area contributed by atoms with Gasteiger partial charge in [-0.15, -0.1) is 0 Å². The van der Waals surface area contributed by atoms with Gasteiger partial charge < -0.3 is 9.47 Å². The van der Waals surface area contributed by atoms with E-state index in [9.17, 15) is 14.4 Å². The van der Waals surface area contributed by atoms with E-state index >= 15 is 0 Å². The second-order valence-electron chi connectivity index (χ2n) is 4.88. The first-order valence-electron chi connectivity index (χ1n) is 5.62. The van der Waals surface area contributed by atoms with Crippen molar-refractivity contribution >= 4 is 18.0 Å². The molecule has 1 heterocycles. The minimum absolute atomic E-state index is 0.168. The van der Waals surface area contributed by atoms with Gasteiger partial charge >= 0.3 is 12.1 Å². The van der Waals surface area contributed by atoms with Crippen LogP contribution in [0, 0.1) is 0 Å². The molecular formula is C11H18N2O5. The molecule has 1 unspecified atom stereocenters. The highest BCUT2D eigenvalue weighted by molar-refractivity contribution is 6.07. The molecule has 18 heavy (non-hydrogen) atoms. The molecule has 7 nitrogen and oxygen atoms in total. The summed E-state index contributed by atoms with van der Waals surface area (Å²) in [6.07, 6.45) is -0.747. The summed E-state index contributed by atoms with van der Waals surface area (Å²) < 4.78 is 9.58. The molecule has 0 aromatic carbocycles. The Labute approximate surface area is 105 Å². The number of esters is 1. The van der Waals surface area contributed by atoms with Crippen molar-refractivity contribution < 1.29 is 23.9 Å². The molecule has 0 radical (unpaired) electrons. The van der Waals surface area contributed by atoms with Crippen LogP contribution in [0.4, 0.5) is 4.79 Å². The Kier molecular flexibility index (Phi) is 4.28. The van der Waals surface area contributed by atoms with Crippen LogP contribution in [0.25, 0.3) is 0 Å². The first-order valence-corrected chi connectivity index (χ1v) is 5.62. The molecular weight excluding hydrogens is 240 g/mol. The number of ether oxygens (including phenoxy) is 2. The molecule has 1 atom stereocenters. The second-order valence-corrected chi connectivity index (χ2v) is 4.88. The molecule has 0 aliphatic carbocycles. The minimum atomic E-state index is -1.14. The molecule has 1 saturated heterocycles. The van der Waals surface area contributed by atoms with E-state index in [4.69, 9.17) is 4.74 Å². The third-order valence-corrected chi connectivity index (χ3v) is 2.25. The highest BCUT2D eigenvalue weighted by atomic mass is 16.6. The van der Waals surface area contributed by atoms with Crippen molar-refractivity contribution in [3.05, 3.63) is 0 Å². The van der Waals surface area contributed by atoms with Crippen molar-refractivity contribution in [2.24, 2.45) is 0 Å². The van der Waals surface area contributed by atoms with Crippen molar-refractivity contribution in [2.75, 3.05) is 20.2 Å². The van der Waals surface area contributed by atoms with Crippen molar-refractivity contribution in [1.29, 1.82) is 0 Å². The predicted octanol–water partition coefficient (Wildman–Crippen LogP) is -0.105. The molecule has 7 heteroatoms. The van der Waals surface area contributed by atoms with Crippen LogP contribution in [-0.2, 0) is 19.1 Å². The lowest BCUT2D eigenvalue weighted by molar-refractivity contribution is -0.151. The lowest BCUT2D eigenvalue weighted by Gasteiger charge is -2.31. The smallest absolute Gasteiger partial charge is 0.417 e. The zero-order valence-electron chi connectivity index (χ0n) is 11.0. The Morgan fingerprint density at radius 2 is 2.00 bits per heavy atom. The van der Waals surface area contributed by atoms with Gasteiger partial charge in [-0.2, -0.15) is 0 Å². The van der Waals surface area contributed by atoms with E-state index in [1.54, 1.807) is 20.8 Å². The number of methoxy groups -OCH3 is 1. The number of piperazine rings is 1. The van der Waals surface area contributed by atoms with Gasteiger partial charge in [-0.1, -0.05) is 0 Å². The molecule has 0 saturated carbocycles. The van der Waals surface area contributed by atoms with Crippen molar-refractivity contribution in [3.8, 4) is 0 Å². The zero-order valence-corrected chi connectivity index (χ0v) is 11.0. The van der Waals surface area contributed by atoms with Gasteiger partial charge in [0.25, 0.3) is 5.91 Å². The number of rotatable bonds is 1. The fraction of sp³-hybridized carbons (Fsp3) is 0.727. The van der Waals surface area contributed by atoms with Crippen LogP contribution in [0.15, 0.2) is 0 Å². The molecule has 0 spiro atoms. The third-order valence-electron chi connectivity index (χ3n) is 2.25. The van der Waals surface area contributed by atoms with Crippen LogP contribution in [0.2, 0.25) is 0 Å². The fourth-order valence-corrected chi connectivity index (χ4v) is 1.47. The Bertz CT molecular complexity index is 361. The molecule has 1 rings (SSSR count). The number of nitrogens with zero attached hydrogens (tertiary/aromatic N) is 1. The number of carbonyl (C=O) groups excluding carboxylic acids is 3. The number of hydrogen-bond donors (Lipinski definition) is 1. The standard InChI is InChI=1S/C11H18N2O5/c1-11(2,3)18-10(16)13-6-5-12-7(8(13)14)9(15)17-4/h7,12H,5-6H2,1-4H3. The van der Waals surface area contributed by atoms with Crippen LogP contribution in [0.1, 0.15) is 20.8 Å². The maximum Gasteiger partial charge on any atom is 0.417 e. The third kappa shape index (κ3) is 3.43. The molecule has 1 aliphatic heterocycles. The second kappa shape index (κ2) is 5.34. The van der Waals surface area contributed by atoms with Gasteiger partial charge in [0.2, 0.25) is 0 Å². The van der Waals surface area contributed by atoms with E-state index in [-0.39, 0.29) is 6.54 Å². The van der Waals surface area contributed by atoms with Gasteiger partial charge in [0.05, 0.1) is 7.11 Å². The first-order chi connectivity index (χ1) is 8.26. The summed E-state index contributed by atoms with van der Waals surface area (Å²) in [7, 11) is 1.18. The zero-order chi connectivity index (χ0) is 13.9. The van der Waals surface area contributed by atoms with Crippen LogP contribution in [-0.4, -0.2) is 54.7 Å². The lowest BCUT2D eigenvalue weighted by Crippen LogP contribution is -2.60. The number of carbonyl (C=O) groups is 3. The molecule has 102 valence electrons. The average molecular weight is 258 g/mol. The first kappa shape index (κ1) is 14.4. The van der Waals surface area contributed by atoms with Gasteiger partial charge in [-0.3, -0.25) is 10.1 Å². The summed E-state index contributed by atoms with van der Waals surface area (Å²) in [5.41, 5.74) is -0.691. The Balaban J connectivity index is 2.75. The summed E-state index contributed by atoms with van der Waals surface area (Å²) in [6, 6.07) is -1.14. The molecule has 2 amide bonds. The van der Waals surface area contributed by atoms with Crippen LogP contribution in [0.5, 0.6) is 0 Å². The Hall–Kier alpha value is -1.63. The quantitative estimate of drug-likeness (QED) is 0.522. The topological polar surface area (TPSA) is 84.9 Å². The van der Waals surface area contributed by atoms with Gasteiger partial charge in [0.15, 0.2) is 6.04 Å². The van der Waals surface area contributed by atoms with Crippen LogP contribution < -0.4 is 5.32 Å². The maximum atomic E-state index is 11.9. The van der Waals surface area contributed by atoms with E-state index in [0.29, 0.717) is 6.54 Å². The molecule has 0 bridgehead atoms. The lowest BCUT2D eigenvalue weighted by atomic mass is 10.2. The fourth-order valence-electron chi connectivity index (χ4n) is 1.47. The summed E-state index contributed by atoms with van der Waals surface area (Å²) in [5, 5.41) is 2.69. The Morgan fingerprint density at radius 3 is 2.50 bits per heavy atom. The Morgan fingerprint density at radius 1 is 1.39 bits per heavy atom. The highest BCUT2D eigenvalue weighted by Crippen LogP contribution is 2.12. The van der Waals surface area contributed by atoms with Gasteiger partial charge in [0, 0.05) is 13.1 Å². The molecule has 1 fully saturated rings. The molecule has 0 aromatic heterocycles. The van der Waals surface area contributed by atoms with Crippen LogP contribution >= 0.6 is 0 Å². The number of imide groups is 1. The number of amides is 2. The SMILES string of the molecule is COC(=O)C1NCCN(C(=O)OC(C)(C)C)C1=O. The van der Waals surface area contributed by atoms with E-state index in [2.05, 4.69) is 10.1 Å². The van der Waals surface area contributed by atoms with E-state index in [1.165, 1.54) is 7.11 Å². The van der Waals surface area contributed by atoms with Crippen molar-refractivity contribution in [2.45, 2.75) is 32.4 Å². The van der Waals surface area contributed by atoms with Crippen LogP contribution in [0.3, 0.4) is 0 Å². The van der Waals surface area contributed by atoms with E-state index in [0.717, 1.165) is 4.90 Å². The maximum absolute atomic E-state index is 11.9. The van der Waals surface area contributed by atoms with Crippen molar-refractivity contribution in [3.63, 3.8) is 0 Å². The normalized spacial score (nSPS) is 20.6. The summed E-state index contributed by atoms with van der Waals surface area (Å²) in [5.74, 6) is -1.37. The predicted molar refractivity (Wildman–Crippen MR) is 61.8 cm³/mol. The number of hydrogen-bond acceptors (Lipinski definition) is 6. The van der Waals surface area contributed by atoms with E-state index < -0.39 is 29.6 Å². The summed E-state index contributed by atoms with van der Waals surface area (Å²) in [4.78, 5) is 36.0. The van der Waals surface area contributed by atoms with Gasteiger partial charge in [-0.05, 0) is 20.8 Å². The number of nitrogens with one attached hydrogen (secondary N) is 1. The monoisotopic (exact) mass is 258 g/mol. The summed E-state index contributed by atoms with van der Waals surface area (Å²) >= 11 is 0. The van der Waals surface area contributed by atoms with Crippen molar-refractivity contribution in [1.82, 2.24) is 10.2 Å². The van der Waals surface area contributed by atoms with Gasteiger partial charge in [0.1, 0.15) is 5.60 Å². The largest absolute Gasteiger partial charge is 0.467 e. The molecule has 1 N–H and O–H groups in total. The minimum Gasteiger partial charge on any atom is -0.467 e.